The number of hydrogen-bond acceptors (Lipinski definition) is 28. The molecule has 3 aromatic carbocycles. The van der Waals surface area contributed by atoms with Crippen LogP contribution in [0.3, 0.4) is 0 Å². The van der Waals surface area contributed by atoms with Gasteiger partial charge in [-0.2, -0.15) is 0 Å². The second-order valence-electron chi connectivity index (χ2n) is 24.3. The third kappa shape index (κ3) is 18.1. The lowest BCUT2D eigenvalue weighted by Gasteiger charge is -2.53. The number of nitrogens with one attached hydrogen (secondary N) is 1. The highest BCUT2D eigenvalue weighted by atomic mass is 28.4. The first-order valence-electron chi connectivity index (χ1n) is 31.2. The van der Waals surface area contributed by atoms with E-state index in [1.807, 2.05) is 81.4 Å². The fourth-order valence-corrected chi connectivity index (χ4v) is 17.0. The van der Waals surface area contributed by atoms with Crippen molar-refractivity contribution in [1.82, 2.24) is 10.2 Å². The van der Waals surface area contributed by atoms with Crippen molar-refractivity contribution < 1.29 is 129 Å². The molecule has 98 heavy (non-hydrogen) atoms. The van der Waals surface area contributed by atoms with Gasteiger partial charge in [-0.05, 0) is 39.5 Å². The SMILES string of the molecule is COC(=O)[C@@]1(O[C@H]2[C@@H](OC(C)=O)[C@@H](COC(C)=O)O[C@@H](O[C@H]3[C@H](O)[C@@H](N4C(=O)c5ccccc5C4=O)[C@H](OCCCN=[N+]=[N-])O[C@@H]3CO[Si](c3ccccc3)(c3ccccc3)C(C)(C)C)[C@@H]2OC(C)=O)C[C@H](OC(C)=O)[C@@H](NC(C)=O)[C@H]([C@H](OC(C)=O)[C@@H](COC(C)=O)OC(C)=O)O1. The van der Waals surface area contributed by atoms with Crippen molar-refractivity contribution in [2.24, 2.45) is 5.11 Å². The molecule has 4 aliphatic rings. The lowest BCUT2D eigenvalue weighted by Crippen LogP contribution is -2.72. The Morgan fingerprint density at radius 2 is 1.23 bits per heavy atom. The minimum absolute atomic E-state index is 0.0606. The first-order chi connectivity index (χ1) is 46.4. The molecule has 0 radical (unpaired) electrons. The molecule has 4 heterocycles. The van der Waals surface area contributed by atoms with Gasteiger partial charge in [-0.25, -0.2) is 4.79 Å². The summed E-state index contributed by atoms with van der Waals surface area (Å²) in [5, 5.41) is 20.4. The molecule has 3 fully saturated rings. The van der Waals surface area contributed by atoms with E-state index in [0.717, 1.165) is 77.8 Å². The average Bonchev–Trinajstić information content (AvgIpc) is 1.13. The lowest BCUT2D eigenvalue weighted by molar-refractivity contribution is -0.384. The number of methoxy groups -OCH3 is 1. The Hall–Kier alpha value is -8.76. The predicted molar refractivity (Wildman–Crippen MR) is 335 cm³/mol. The maximum Gasteiger partial charge on any atom is 0.366 e. The van der Waals surface area contributed by atoms with Crippen LogP contribution in [0.5, 0.6) is 0 Å². The van der Waals surface area contributed by atoms with Crippen molar-refractivity contribution in [2.45, 2.75) is 192 Å². The second-order valence-corrected chi connectivity index (χ2v) is 28.6. The minimum atomic E-state index is -3.66. The van der Waals surface area contributed by atoms with Gasteiger partial charge in [0, 0.05) is 73.5 Å². The first-order valence-corrected chi connectivity index (χ1v) is 33.1. The van der Waals surface area contributed by atoms with Gasteiger partial charge in [0.05, 0.1) is 37.3 Å². The lowest BCUT2D eigenvalue weighted by atomic mass is 9.87. The summed E-state index contributed by atoms with van der Waals surface area (Å²) < 4.78 is 92.9. The third-order valence-electron chi connectivity index (χ3n) is 16.2. The van der Waals surface area contributed by atoms with Crippen LogP contribution in [0.2, 0.25) is 5.04 Å². The van der Waals surface area contributed by atoms with Crippen molar-refractivity contribution in [1.29, 1.82) is 0 Å². The molecule has 0 aromatic heterocycles. The summed E-state index contributed by atoms with van der Waals surface area (Å²) in [7, 11) is -2.81. The van der Waals surface area contributed by atoms with Crippen molar-refractivity contribution in [2.75, 3.05) is 40.1 Å². The summed E-state index contributed by atoms with van der Waals surface area (Å²) in [6.07, 6.45) is -27.2. The van der Waals surface area contributed by atoms with Gasteiger partial charge in [-0.1, -0.05) is 98.7 Å². The molecule has 33 heteroatoms. The maximum absolute atomic E-state index is 15.1. The smallest absolute Gasteiger partial charge is 0.366 e. The zero-order valence-corrected chi connectivity index (χ0v) is 57.0. The second kappa shape index (κ2) is 33.7. The Bertz CT molecular complexity index is 3370. The van der Waals surface area contributed by atoms with E-state index in [2.05, 4.69) is 15.3 Å². The number of ether oxygens (including phenoxy) is 14. The number of fused-ring (bicyclic) bond motifs is 1. The normalized spacial score (nSPS) is 26.7. The van der Waals surface area contributed by atoms with Gasteiger partial charge < -0.3 is 81.2 Å². The Kier molecular flexibility index (Phi) is 26.3. The number of benzene rings is 3. The Labute approximate surface area is 564 Å². The van der Waals surface area contributed by atoms with E-state index in [0.29, 0.717) is 0 Å². The third-order valence-corrected chi connectivity index (χ3v) is 21.2. The fraction of sp³-hybridized carbons (Fsp3) is 0.554. The number of carbonyl (C=O) groups is 11. The van der Waals surface area contributed by atoms with Crippen LogP contribution < -0.4 is 15.7 Å². The van der Waals surface area contributed by atoms with Gasteiger partial charge in [-0.3, -0.25) is 52.8 Å². The summed E-state index contributed by atoms with van der Waals surface area (Å²) >= 11 is 0. The highest BCUT2D eigenvalue weighted by molar-refractivity contribution is 6.99. The molecule has 3 aromatic rings. The Balaban J connectivity index is 1.48. The monoisotopic (exact) mass is 1390 g/mol. The van der Waals surface area contributed by atoms with Gasteiger partial charge in [0.2, 0.25) is 5.91 Å². The summed E-state index contributed by atoms with van der Waals surface area (Å²) in [6, 6.07) is 20.8. The molecule has 3 saturated heterocycles. The topological polar surface area (TPSA) is 410 Å². The summed E-state index contributed by atoms with van der Waals surface area (Å²) in [6.45, 7) is 11.0. The summed E-state index contributed by atoms with van der Waals surface area (Å²) in [4.78, 5) is 153. The molecule has 532 valence electrons. The minimum Gasteiger partial charge on any atom is -0.465 e. The van der Waals surface area contributed by atoms with E-state index >= 15 is 4.79 Å². The van der Waals surface area contributed by atoms with Crippen LogP contribution in [0.15, 0.2) is 90.0 Å². The molecule has 0 spiro atoms. The number of esters is 8. The molecule has 0 bridgehead atoms. The van der Waals surface area contributed by atoms with E-state index in [1.165, 1.54) is 24.3 Å². The number of nitrogens with zero attached hydrogens (tertiary/aromatic N) is 4. The number of aliphatic hydroxyl groups excluding tert-OH is 1. The molecule has 0 saturated carbocycles. The summed E-state index contributed by atoms with van der Waals surface area (Å²) in [5.41, 5.74) is 9.01. The number of imide groups is 1. The standard InChI is InChI=1S/C65H81N5O27Si/c1-34(71)68-50-46(88-37(4)74)30-65(63(82)83-12,96-56(50)54(90-39(6)76)47(89-38(5)75)31-85-35(2)72)97-57-55(91-40(7)77)48(32-86-36(3)73)94-62(58(57)92-41(8)78)95-53-49(33-87-98(64(9,10)11,42-22-15-13-16-23-42)43-24-17-14-18-25-43)93-61(84-29-21-28-67-69-66)51(52(53)79)70-59(80)44-26-19-20-27-45(44)60(70)81/h13-20,22-27,46-58,61-62,79H,21,28-33H2,1-12H3,(H,68,71)/t46-,47+,48+,49+,50+,51+,52+,53+,54+,55-,56+,57-,58+,61+,62-,65-/m0/s1. The molecular weight excluding hydrogens is 1310 g/mol. The van der Waals surface area contributed by atoms with Crippen molar-refractivity contribution in [3.05, 3.63) is 106 Å². The molecule has 3 amide bonds. The number of carbonyl (C=O) groups excluding carboxylic acids is 11. The molecule has 0 aliphatic carbocycles. The van der Waals surface area contributed by atoms with E-state index in [9.17, 15) is 53.1 Å². The van der Waals surface area contributed by atoms with Gasteiger partial charge in [0.1, 0.15) is 62.0 Å². The Morgan fingerprint density at radius 1 is 0.694 bits per heavy atom. The van der Waals surface area contributed by atoms with E-state index in [4.69, 9.17) is 76.3 Å². The number of aliphatic hydroxyl groups is 1. The van der Waals surface area contributed by atoms with Gasteiger partial charge in [-0.15, -0.1) is 0 Å². The fourth-order valence-electron chi connectivity index (χ4n) is 12.4. The molecule has 32 nitrogen and oxygen atoms in total. The summed E-state index contributed by atoms with van der Waals surface area (Å²) in [5.74, 6) is -14.8. The van der Waals surface area contributed by atoms with E-state index in [1.54, 1.807) is 0 Å². The molecule has 7 rings (SSSR count). The predicted octanol–water partition coefficient (Wildman–Crippen LogP) is 2.47. The molecule has 2 N–H and O–H groups in total. The van der Waals surface area contributed by atoms with E-state index in [-0.39, 0.29) is 30.7 Å². The van der Waals surface area contributed by atoms with Gasteiger partial charge in [0.15, 0.2) is 37.0 Å². The van der Waals surface area contributed by atoms with E-state index < -0.39 is 203 Å². The average molecular weight is 1390 g/mol. The highest BCUT2D eigenvalue weighted by Gasteiger charge is 2.65. The molecule has 16 atom stereocenters. The van der Waals surface area contributed by atoms with Crippen molar-refractivity contribution >= 4 is 84.2 Å². The van der Waals surface area contributed by atoms with Crippen LogP contribution in [0, 0.1) is 0 Å². The van der Waals surface area contributed by atoms with Crippen LogP contribution in [0.4, 0.5) is 0 Å². The van der Waals surface area contributed by atoms with Crippen LogP contribution in [0.25, 0.3) is 10.4 Å². The quantitative estimate of drug-likeness (QED) is 0.0154. The first kappa shape index (κ1) is 76.6. The maximum atomic E-state index is 15.1. The number of hydrogen-bond donors (Lipinski definition) is 2. The molecule has 0 unspecified atom stereocenters. The van der Waals surface area contributed by atoms with Crippen LogP contribution >= 0.6 is 0 Å². The van der Waals surface area contributed by atoms with Gasteiger partial charge in [0.25, 0.3) is 25.9 Å². The Morgan fingerprint density at radius 3 is 1.74 bits per heavy atom. The van der Waals surface area contributed by atoms with Gasteiger partial charge >= 0.3 is 47.8 Å². The van der Waals surface area contributed by atoms with Crippen molar-refractivity contribution in [3.8, 4) is 0 Å². The number of azide groups is 1. The largest absolute Gasteiger partial charge is 0.465 e. The number of amides is 3. The zero-order valence-electron chi connectivity index (χ0n) is 56.0. The van der Waals surface area contributed by atoms with Crippen LogP contribution in [-0.2, 0) is 114 Å². The van der Waals surface area contributed by atoms with Crippen LogP contribution in [0.1, 0.15) is 110 Å². The highest BCUT2D eigenvalue weighted by Crippen LogP contribution is 2.44. The van der Waals surface area contributed by atoms with Crippen LogP contribution in [-0.4, -0.2) is 221 Å². The number of rotatable bonds is 28. The molecule has 4 aliphatic heterocycles. The van der Waals surface area contributed by atoms with Crippen molar-refractivity contribution in [3.63, 3.8) is 0 Å². The zero-order chi connectivity index (χ0) is 72.0. The molecular formula is C65H81N5O27Si.